The van der Waals surface area contributed by atoms with Crippen molar-refractivity contribution in [2.75, 3.05) is 37.8 Å². The van der Waals surface area contributed by atoms with E-state index in [-0.39, 0.29) is 29.2 Å². The molecule has 2 saturated heterocycles. The van der Waals surface area contributed by atoms with E-state index in [1.54, 1.807) is 41.3 Å². The lowest BCUT2D eigenvalue weighted by molar-refractivity contribution is -0.137. The molecule has 0 bridgehead atoms. The quantitative estimate of drug-likeness (QED) is 0.469. The van der Waals surface area contributed by atoms with E-state index in [2.05, 4.69) is 4.98 Å². The number of nitrogens with one attached hydrogen (secondary N) is 1. The van der Waals surface area contributed by atoms with E-state index in [0.29, 0.717) is 58.2 Å². The molecule has 0 unspecified atom stereocenters. The number of rotatable bonds is 5. The largest absolute Gasteiger partial charge is 0.483 e. The van der Waals surface area contributed by atoms with Crippen LogP contribution >= 0.6 is 34.7 Å². The molecular formula is C26H22ClN3O6S2. The number of fused-ring (bicyclic) bond motifs is 2. The van der Waals surface area contributed by atoms with Gasteiger partial charge < -0.3 is 19.4 Å². The summed E-state index contributed by atoms with van der Waals surface area (Å²) in [7, 11) is 0. The Hall–Kier alpha value is -3.12. The average Bonchev–Trinajstić information content (AvgIpc) is 3.43. The molecule has 3 aliphatic rings. The number of nitrogens with zero attached hydrogens (tertiary/aromatic N) is 2. The topological polar surface area (TPSA) is 109 Å². The summed E-state index contributed by atoms with van der Waals surface area (Å²) in [6.45, 7) is 1.81. The van der Waals surface area contributed by atoms with Crippen LogP contribution in [0.5, 0.6) is 5.75 Å². The number of hydrogen-bond donors (Lipinski definition) is 1. The molecule has 196 valence electrons. The van der Waals surface area contributed by atoms with E-state index >= 15 is 0 Å². The predicted molar refractivity (Wildman–Crippen MR) is 143 cm³/mol. The van der Waals surface area contributed by atoms with Crippen LogP contribution in [0, 0.1) is 5.92 Å². The van der Waals surface area contributed by atoms with Gasteiger partial charge in [0.2, 0.25) is 11.8 Å². The minimum atomic E-state index is -0.762. The molecule has 38 heavy (non-hydrogen) atoms. The number of morpholine rings is 1. The summed E-state index contributed by atoms with van der Waals surface area (Å²) < 4.78 is 11.3. The van der Waals surface area contributed by atoms with E-state index in [9.17, 15) is 19.2 Å². The van der Waals surface area contributed by atoms with E-state index < -0.39 is 17.1 Å². The Bertz CT molecular complexity index is 1470. The first-order valence-corrected chi connectivity index (χ1v) is 14.1. The van der Waals surface area contributed by atoms with Crippen LogP contribution in [0.4, 0.5) is 5.69 Å². The first kappa shape index (κ1) is 25.2. The number of benzene rings is 2. The third kappa shape index (κ3) is 4.43. The lowest BCUT2D eigenvalue weighted by Crippen LogP contribution is -2.43. The molecule has 3 amide bonds. The highest BCUT2D eigenvalue weighted by molar-refractivity contribution is 8.00. The molecule has 0 aliphatic carbocycles. The van der Waals surface area contributed by atoms with Gasteiger partial charge in [-0.2, -0.15) is 0 Å². The van der Waals surface area contributed by atoms with Gasteiger partial charge in [-0.3, -0.25) is 19.2 Å². The molecule has 3 aromatic rings. The summed E-state index contributed by atoms with van der Waals surface area (Å²) >= 11 is 8.25. The number of anilines is 1. The Morgan fingerprint density at radius 2 is 1.79 bits per heavy atom. The number of thioether (sulfide) groups is 1. The van der Waals surface area contributed by atoms with Crippen molar-refractivity contribution >= 4 is 58.1 Å². The molecule has 3 atom stereocenters. The van der Waals surface area contributed by atoms with E-state index in [4.69, 9.17) is 21.1 Å². The number of carbonyl (C=O) groups is 3. The van der Waals surface area contributed by atoms with Crippen molar-refractivity contribution in [1.29, 1.82) is 0 Å². The summed E-state index contributed by atoms with van der Waals surface area (Å²) in [6.07, 6.45) is 0. The van der Waals surface area contributed by atoms with Crippen LogP contribution in [0.15, 0.2) is 58.4 Å². The van der Waals surface area contributed by atoms with Crippen molar-refractivity contribution in [2.24, 2.45) is 5.92 Å². The Balaban J connectivity index is 1.36. The third-order valence-corrected chi connectivity index (χ3v) is 9.53. The van der Waals surface area contributed by atoms with Gasteiger partial charge in [0.15, 0.2) is 6.61 Å². The highest BCUT2D eigenvalue weighted by atomic mass is 35.5. The Kier molecular flexibility index (Phi) is 6.77. The maximum Gasteiger partial charge on any atom is 0.305 e. The summed E-state index contributed by atoms with van der Waals surface area (Å²) in [4.78, 5) is 58.7. The molecule has 3 aliphatic heterocycles. The van der Waals surface area contributed by atoms with Gasteiger partial charge in [-0.05, 0) is 30.3 Å². The Labute approximate surface area is 230 Å². The number of ether oxygens (including phenoxy) is 2. The van der Waals surface area contributed by atoms with E-state index in [0.717, 1.165) is 11.3 Å². The molecule has 4 heterocycles. The van der Waals surface area contributed by atoms with Crippen molar-refractivity contribution < 1.29 is 23.9 Å². The standard InChI is InChI=1S/C26H22ClN3O6S2/c27-14-5-7-15(8-6-14)30-24(32)20-19(21-23(28-26(34)38-21)37-22(20)25(30)33)16-3-1-2-4-17(16)36-13-18(31)29-9-11-35-12-10-29/h1-8,19-20,22H,9-13H2,(H,28,34)/t19-,20-,22+/m0/s1. The Morgan fingerprint density at radius 1 is 1.05 bits per heavy atom. The number of halogens is 1. The maximum atomic E-state index is 13.9. The van der Waals surface area contributed by atoms with Gasteiger partial charge in [0.25, 0.3) is 5.91 Å². The Morgan fingerprint density at radius 3 is 2.55 bits per heavy atom. The van der Waals surface area contributed by atoms with Crippen LogP contribution in [-0.4, -0.2) is 65.8 Å². The second-order valence-electron chi connectivity index (χ2n) is 9.06. The van der Waals surface area contributed by atoms with Crippen LogP contribution < -0.4 is 14.5 Å². The SMILES string of the molecule is O=C(COc1ccccc1[C@@H]1c2sc(=O)[nH]c2S[C@H]2C(=O)N(c3ccc(Cl)cc3)C(=O)[C@@H]12)N1CCOCC1. The van der Waals surface area contributed by atoms with Gasteiger partial charge in [0.05, 0.1) is 29.8 Å². The van der Waals surface area contributed by atoms with Gasteiger partial charge in [-0.15, -0.1) is 0 Å². The molecule has 12 heteroatoms. The average molecular weight is 572 g/mol. The zero-order valence-corrected chi connectivity index (χ0v) is 22.3. The summed E-state index contributed by atoms with van der Waals surface area (Å²) in [6, 6.07) is 13.7. The van der Waals surface area contributed by atoms with Crippen molar-refractivity contribution in [1.82, 2.24) is 9.88 Å². The molecular weight excluding hydrogens is 550 g/mol. The number of H-pyrrole nitrogens is 1. The number of para-hydroxylation sites is 1. The van der Waals surface area contributed by atoms with Crippen molar-refractivity contribution in [3.63, 3.8) is 0 Å². The smallest absolute Gasteiger partial charge is 0.305 e. The first-order chi connectivity index (χ1) is 18.4. The van der Waals surface area contributed by atoms with Crippen molar-refractivity contribution in [2.45, 2.75) is 16.2 Å². The molecule has 1 N–H and O–H groups in total. The number of amides is 3. The van der Waals surface area contributed by atoms with Crippen LogP contribution in [0.2, 0.25) is 5.02 Å². The summed E-state index contributed by atoms with van der Waals surface area (Å²) in [5.41, 5.74) is 1.09. The van der Waals surface area contributed by atoms with Crippen LogP contribution in [-0.2, 0) is 19.1 Å². The van der Waals surface area contributed by atoms with E-state index in [1.165, 1.54) is 16.7 Å². The van der Waals surface area contributed by atoms with Crippen LogP contribution in [0.1, 0.15) is 16.4 Å². The van der Waals surface area contributed by atoms with Gasteiger partial charge in [0.1, 0.15) is 11.0 Å². The van der Waals surface area contributed by atoms with Crippen molar-refractivity contribution in [3.8, 4) is 5.75 Å². The molecule has 6 rings (SSSR count). The number of aromatic nitrogens is 1. The van der Waals surface area contributed by atoms with Gasteiger partial charge >= 0.3 is 4.87 Å². The minimum absolute atomic E-state index is 0.159. The summed E-state index contributed by atoms with van der Waals surface area (Å²) in [5.74, 6) is -1.80. The molecule has 2 aromatic carbocycles. The highest BCUT2D eigenvalue weighted by Gasteiger charge is 2.56. The number of aromatic amines is 1. The van der Waals surface area contributed by atoms with Gasteiger partial charge in [-0.25, -0.2) is 4.90 Å². The van der Waals surface area contributed by atoms with Gasteiger partial charge in [-0.1, -0.05) is 52.9 Å². The monoisotopic (exact) mass is 571 g/mol. The second-order valence-corrected chi connectivity index (χ2v) is 11.7. The molecule has 0 radical (unpaired) electrons. The minimum Gasteiger partial charge on any atom is -0.483 e. The lowest BCUT2D eigenvalue weighted by Gasteiger charge is -2.31. The molecule has 0 spiro atoms. The zero-order chi connectivity index (χ0) is 26.4. The zero-order valence-electron chi connectivity index (χ0n) is 19.9. The van der Waals surface area contributed by atoms with Crippen molar-refractivity contribution in [3.05, 3.63) is 73.7 Å². The lowest BCUT2D eigenvalue weighted by atomic mass is 9.82. The van der Waals surface area contributed by atoms with Crippen LogP contribution in [0.3, 0.4) is 0 Å². The third-order valence-electron chi connectivity index (χ3n) is 6.88. The second kappa shape index (κ2) is 10.2. The number of thiazole rings is 1. The first-order valence-electron chi connectivity index (χ1n) is 12.0. The number of imide groups is 1. The fraction of sp³-hybridized carbons (Fsp3) is 0.308. The fourth-order valence-electron chi connectivity index (χ4n) is 5.11. The molecule has 2 fully saturated rings. The normalized spacial score (nSPS) is 22.8. The number of carbonyl (C=O) groups excluding carboxylic acids is 3. The molecule has 9 nitrogen and oxygen atoms in total. The van der Waals surface area contributed by atoms with Gasteiger partial charge in [0, 0.05) is 34.5 Å². The highest BCUT2D eigenvalue weighted by Crippen LogP contribution is 2.54. The molecule has 0 saturated carbocycles. The van der Waals surface area contributed by atoms with Crippen LogP contribution in [0.25, 0.3) is 0 Å². The number of hydrogen-bond acceptors (Lipinski definition) is 8. The predicted octanol–water partition coefficient (Wildman–Crippen LogP) is 3.12. The molecule has 1 aromatic heterocycles. The summed E-state index contributed by atoms with van der Waals surface area (Å²) in [5, 5.41) is 0.337. The van der Waals surface area contributed by atoms with E-state index in [1.807, 2.05) is 12.1 Å². The maximum absolute atomic E-state index is 13.9. The fourth-order valence-corrected chi connectivity index (χ4v) is 7.74.